The molecule has 1 N–H and O–H groups in total. The zero-order valence-electron chi connectivity index (χ0n) is 16.0. The van der Waals surface area contributed by atoms with Crippen molar-refractivity contribution in [2.45, 2.75) is 32.9 Å². The van der Waals surface area contributed by atoms with Gasteiger partial charge in [-0.3, -0.25) is 9.88 Å². The Balaban J connectivity index is 1.79. The van der Waals surface area contributed by atoms with Crippen molar-refractivity contribution in [3.8, 4) is 5.75 Å². The number of methoxy groups -OCH3 is 1. The third kappa shape index (κ3) is 3.72. The Labute approximate surface area is 166 Å². The lowest BCUT2D eigenvalue weighted by Crippen LogP contribution is -2.33. The molecule has 0 saturated carbocycles. The highest BCUT2D eigenvalue weighted by atomic mass is 32.1. The van der Waals surface area contributed by atoms with Gasteiger partial charge in [-0.15, -0.1) is 11.3 Å². The minimum absolute atomic E-state index is 0.0480. The number of fused-ring (bicyclic) bond motifs is 1. The molecule has 148 valence electrons. The third-order valence-electron chi connectivity index (χ3n) is 5.23. The summed E-state index contributed by atoms with van der Waals surface area (Å²) < 4.78 is 7.42. The normalized spacial score (nSPS) is 15.9. The van der Waals surface area contributed by atoms with Gasteiger partial charge in [-0.1, -0.05) is 6.92 Å². The molecule has 0 aromatic carbocycles. The van der Waals surface area contributed by atoms with Crippen LogP contribution < -0.4 is 4.74 Å². The van der Waals surface area contributed by atoms with E-state index in [1.54, 1.807) is 16.8 Å². The number of thiazole rings is 1. The number of piperidine rings is 1. The molecule has 1 saturated heterocycles. The first-order valence-corrected chi connectivity index (χ1v) is 10.2. The van der Waals surface area contributed by atoms with E-state index in [1.807, 2.05) is 10.8 Å². The minimum atomic E-state index is -1.09. The molecule has 0 amide bonds. The summed E-state index contributed by atoms with van der Waals surface area (Å²) in [5.41, 5.74) is 2.87. The van der Waals surface area contributed by atoms with Gasteiger partial charge in [-0.25, -0.2) is 14.8 Å². The summed E-state index contributed by atoms with van der Waals surface area (Å²) in [6.45, 7) is 5.62. The Hall–Kier alpha value is -2.52. The van der Waals surface area contributed by atoms with Gasteiger partial charge in [0.2, 0.25) is 0 Å². The van der Waals surface area contributed by atoms with Crippen molar-refractivity contribution >= 4 is 28.5 Å². The summed E-state index contributed by atoms with van der Waals surface area (Å²) in [5.74, 6) is 0.967. The van der Waals surface area contributed by atoms with Gasteiger partial charge in [0.25, 0.3) is 0 Å². The summed E-state index contributed by atoms with van der Waals surface area (Å²) in [4.78, 5) is 28.3. The average molecular weight is 401 g/mol. The Morgan fingerprint density at radius 2 is 2.11 bits per heavy atom. The lowest BCUT2D eigenvalue weighted by molar-refractivity contribution is 0.0690. The maximum atomic E-state index is 11.5. The van der Waals surface area contributed by atoms with Crippen molar-refractivity contribution in [1.82, 2.24) is 24.4 Å². The maximum Gasteiger partial charge on any atom is 0.354 e. The van der Waals surface area contributed by atoms with Gasteiger partial charge in [0.1, 0.15) is 11.3 Å². The number of aromatic carboxylic acids is 1. The third-order valence-corrected chi connectivity index (χ3v) is 5.99. The van der Waals surface area contributed by atoms with Gasteiger partial charge < -0.3 is 14.4 Å². The number of carboxylic acid groups (broad SMARTS) is 1. The maximum absolute atomic E-state index is 11.5. The predicted octanol–water partition coefficient (Wildman–Crippen LogP) is 2.87. The first kappa shape index (κ1) is 18.8. The van der Waals surface area contributed by atoms with Crippen LogP contribution in [0.4, 0.5) is 0 Å². The van der Waals surface area contributed by atoms with E-state index in [-0.39, 0.29) is 5.69 Å². The fourth-order valence-corrected chi connectivity index (χ4v) is 4.14. The highest BCUT2D eigenvalue weighted by molar-refractivity contribution is 7.09. The molecular weight excluding hydrogens is 378 g/mol. The molecule has 0 aliphatic carbocycles. The van der Waals surface area contributed by atoms with Crippen molar-refractivity contribution in [2.75, 3.05) is 20.2 Å². The van der Waals surface area contributed by atoms with E-state index in [4.69, 9.17) is 9.72 Å². The van der Waals surface area contributed by atoms with E-state index in [0.717, 1.165) is 29.7 Å². The lowest BCUT2D eigenvalue weighted by atomic mass is 9.99. The number of nitrogens with zero attached hydrogens (tertiary/aromatic N) is 5. The SMILES string of the molecule is COc1cc(C(=O)O)nc2c1nc(CN1CCC(C)CC1)n2Cc1cncs1. The summed E-state index contributed by atoms with van der Waals surface area (Å²) in [7, 11) is 1.52. The van der Waals surface area contributed by atoms with Crippen LogP contribution in [-0.4, -0.2) is 55.7 Å². The van der Waals surface area contributed by atoms with Gasteiger partial charge in [-0.2, -0.15) is 0 Å². The predicted molar refractivity (Wildman–Crippen MR) is 106 cm³/mol. The second-order valence-corrected chi connectivity index (χ2v) is 8.20. The number of carbonyl (C=O) groups is 1. The number of aromatic nitrogens is 4. The first-order chi connectivity index (χ1) is 13.5. The number of pyridine rings is 1. The van der Waals surface area contributed by atoms with Gasteiger partial charge in [0.05, 0.1) is 25.7 Å². The van der Waals surface area contributed by atoms with Crippen LogP contribution in [-0.2, 0) is 13.1 Å². The van der Waals surface area contributed by atoms with Gasteiger partial charge in [0.15, 0.2) is 17.1 Å². The monoisotopic (exact) mass is 401 g/mol. The molecule has 0 unspecified atom stereocenters. The lowest BCUT2D eigenvalue weighted by Gasteiger charge is -2.29. The standard InChI is InChI=1S/C19H23N5O3S/c1-12-3-5-23(6-4-12)10-16-22-17-15(27-2)7-14(19(25)26)21-18(17)24(16)9-13-8-20-11-28-13/h7-8,11-12H,3-6,9-10H2,1-2H3,(H,25,26). The van der Waals surface area contributed by atoms with Crippen LogP contribution in [0, 0.1) is 5.92 Å². The Kier molecular flexibility index (Phi) is 5.27. The molecule has 4 heterocycles. The topological polar surface area (TPSA) is 93.4 Å². The summed E-state index contributed by atoms with van der Waals surface area (Å²) in [5, 5.41) is 9.44. The van der Waals surface area contributed by atoms with Crippen molar-refractivity contribution in [3.05, 3.63) is 34.2 Å². The molecule has 1 aliphatic heterocycles. The molecule has 0 atom stereocenters. The Morgan fingerprint density at radius 3 is 2.75 bits per heavy atom. The highest BCUT2D eigenvalue weighted by Crippen LogP contribution is 2.28. The Bertz CT molecular complexity index is 977. The van der Waals surface area contributed by atoms with Crippen LogP contribution in [0.1, 0.15) is 41.0 Å². The number of imidazole rings is 1. The minimum Gasteiger partial charge on any atom is -0.494 e. The highest BCUT2D eigenvalue weighted by Gasteiger charge is 2.23. The fourth-order valence-electron chi connectivity index (χ4n) is 3.56. The molecule has 8 nitrogen and oxygen atoms in total. The number of hydrogen-bond donors (Lipinski definition) is 1. The summed E-state index contributed by atoms with van der Waals surface area (Å²) in [6, 6.07) is 1.43. The molecule has 1 aliphatic rings. The second-order valence-electron chi connectivity index (χ2n) is 7.23. The van der Waals surface area contributed by atoms with Crippen LogP contribution in [0.25, 0.3) is 11.2 Å². The number of rotatable bonds is 6. The van der Waals surface area contributed by atoms with E-state index in [9.17, 15) is 9.90 Å². The molecular formula is C19H23N5O3S. The summed E-state index contributed by atoms with van der Waals surface area (Å²) in [6.07, 6.45) is 4.18. The average Bonchev–Trinajstić information content (AvgIpc) is 3.31. The first-order valence-electron chi connectivity index (χ1n) is 9.32. The van der Waals surface area contributed by atoms with E-state index in [1.165, 1.54) is 26.0 Å². The molecule has 0 bridgehead atoms. The van der Waals surface area contributed by atoms with Crippen LogP contribution in [0.2, 0.25) is 0 Å². The molecule has 3 aromatic heterocycles. The van der Waals surface area contributed by atoms with E-state index >= 15 is 0 Å². The van der Waals surface area contributed by atoms with E-state index in [0.29, 0.717) is 30.0 Å². The number of hydrogen-bond acceptors (Lipinski definition) is 7. The van der Waals surface area contributed by atoms with Crippen molar-refractivity contribution in [2.24, 2.45) is 5.92 Å². The van der Waals surface area contributed by atoms with E-state index < -0.39 is 5.97 Å². The largest absolute Gasteiger partial charge is 0.494 e. The zero-order chi connectivity index (χ0) is 19.7. The molecule has 4 rings (SSSR count). The van der Waals surface area contributed by atoms with Gasteiger partial charge in [-0.05, 0) is 31.8 Å². The number of ether oxygens (including phenoxy) is 1. The zero-order valence-corrected chi connectivity index (χ0v) is 16.8. The van der Waals surface area contributed by atoms with Crippen LogP contribution in [0.15, 0.2) is 17.8 Å². The van der Waals surface area contributed by atoms with Gasteiger partial charge in [0, 0.05) is 17.1 Å². The molecule has 28 heavy (non-hydrogen) atoms. The molecule has 1 fully saturated rings. The fraction of sp³-hybridized carbons (Fsp3) is 0.474. The quantitative estimate of drug-likeness (QED) is 0.679. The summed E-state index contributed by atoms with van der Waals surface area (Å²) >= 11 is 1.56. The van der Waals surface area contributed by atoms with Crippen LogP contribution >= 0.6 is 11.3 Å². The van der Waals surface area contributed by atoms with Crippen molar-refractivity contribution in [1.29, 1.82) is 0 Å². The van der Waals surface area contributed by atoms with Crippen molar-refractivity contribution < 1.29 is 14.6 Å². The Morgan fingerprint density at radius 1 is 1.32 bits per heavy atom. The molecule has 9 heteroatoms. The number of carboxylic acids is 1. The van der Waals surface area contributed by atoms with Crippen molar-refractivity contribution in [3.63, 3.8) is 0 Å². The van der Waals surface area contributed by atoms with Gasteiger partial charge >= 0.3 is 5.97 Å². The molecule has 3 aromatic rings. The second kappa shape index (κ2) is 7.84. The molecule has 0 spiro atoms. The van der Waals surface area contributed by atoms with E-state index in [2.05, 4.69) is 21.8 Å². The number of likely N-dealkylation sites (tertiary alicyclic amines) is 1. The van der Waals surface area contributed by atoms with Crippen LogP contribution in [0.5, 0.6) is 5.75 Å². The smallest absolute Gasteiger partial charge is 0.354 e. The molecule has 0 radical (unpaired) electrons. The van der Waals surface area contributed by atoms with Crippen LogP contribution in [0.3, 0.4) is 0 Å².